The van der Waals surface area contributed by atoms with Crippen LogP contribution in [0, 0.1) is 5.92 Å². The number of ether oxygens (including phenoxy) is 2. The summed E-state index contributed by atoms with van der Waals surface area (Å²) in [4.78, 5) is 0. The first-order chi connectivity index (χ1) is 10.2. The highest BCUT2D eigenvalue weighted by Gasteiger charge is 2.38. The van der Waals surface area contributed by atoms with Gasteiger partial charge in [-0.05, 0) is 57.4 Å². The largest absolute Gasteiger partial charge is 0.381 e. The molecule has 4 atom stereocenters. The van der Waals surface area contributed by atoms with Gasteiger partial charge in [0.2, 0.25) is 0 Å². The fourth-order valence-electron chi connectivity index (χ4n) is 4.19. The maximum atomic E-state index is 6.73. The summed E-state index contributed by atoms with van der Waals surface area (Å²) in [7, 11) is 1.84. The lowest BCUT2D eigenvalue weighted by Crippen LogP contribution is -2.49. The molecule has 0 aromatic carbocycles. The second-order valence-electron chi connectivity index (χ2n) is 7.33. The van der Waals surface area contributed by atoms with Gasteiger partial charge in [-0.25, -0.2) is 0 Å². The highest BCUT2D eigenvalue weighted by molar-refractivity contribution is 4.91. The van der Waals surface area contributed by atoms with Crippen molar-refractivity contribution in [2.75, 3.05) is 20.2 Å². The van der Waals surface area contributed by atoms with Crippen LogP contribution in [-0.2, 0) is 9.47 Å². The third-order valence-electron chi connectivity index (χ3n) is 5.25. The summed E-state index contributed by atoms with van der Waals surface area (Å²) in [6.45, 7) is 6.74. The van der Waals surface area contributed by atoms with Crippen LogP contribution in [0.15, 0.2) is 0 Å². The number of hydrogen-bond acceptors (Lipinski definition) is 3. The first-order valence-corrected chi connectivity index (χ1v) is 9.09. The van der Waals surface area contributed by atoms with E-state index in [1.165, 1.54) is 51.4 Å². The Morgan fingerprint density at radius 1 is 1.14 bits per heavy atom. The summed E-state index contributed by atoms with van der Waals surface area (Å²) in [6.07, 6.45) is 11.9. The van der Waals surface area contributed by atoms with Gasteiger partial charge in [-0.15, -0.1) is 0 Å². The Kier molecular flexibility index (Phi) is 6.97. The average Bonchev–Trinajstić information content (AvgIpc) is 2.47. The van der Waals surface area contributed by atoms with E-state index in [4.69, 9.17) is 9.47 Å². The molecule has 1 N–H and O–H groups in total. The zero-order chi connectivity index (χ0) is 15.1. The van der Waals surface area contributed by atoms with Crippen LogP contribution >= 0.6 is 0 Å². The van der Waals surface area contributed by atoms with Crippen LogP contribution in [0.25, 0.3) is 0 Å². The van der Waals surface area contributed by atoms with Crippen LogP contribution < -0.4 is 5.32 Å². The molecule has 2 fully saturated rings. The van der Waals surface area contributed by atoms with Gasteiger partial charge in [0.15, 0.2) is 0 Å². The molecule has 2 rings (SSSR count). The number of nitrogens with one attached hydrogen (secondary N) is 1. The van der Waals surface area contributed by atoms with Crippen molar-refractivity contribution < 1.29 is 9.47 Å². The second kappa shape index (κ2) is 8.50. The van der Waals surface area contributed by atoms with E-state index in [1.54, 1.807) is 0 Å². The summed E-state index contributed by atoms with van der Waals surface area (Å²) < 4.78 is 12.3. The van der Waals surface area contributed by atoms with E-state index in [9.17, 15) is 0 Å². The van der Waals surface area contributed by atoms with Gasteiger partial charge in [0, 0.05) is 13.7 Å². The van der Waals surface area contributed by atoms with Crippen molar-refractivity contribution in [2.45, 2.75) is 89.4 Å². The Hall–Kier alpha value is -0.120. The molecule has 0 heterocycles. The summed E-state index contributed by atoms with van der Waals surface area (Å²) >= 11 is 0. The number of rotatable bonds is 7. The number of methoxy groups -OCH3 is 1. The third-order valence-corrected chi connectivity index (χ3v) is 5.25. The monoisotopic (exact) mass is 297 g/mol. The zero-order valence-corrected chi connectivity index (χ0v) is 14.3. The van der Waals surface area contributed by atoms with E-state index in [-0.39, 0.29) is 5.60 Å². The fraction of sp³-hybridized carbons (Fsp3) is 1.00. The van der Waals surface area contributed by atoms with Gasteiger partial charge >= 0.3 is 0 Å². The lowest BCUT2D eigenvalue weighted by atomic mass is 9.78. The Morgan fingerprint density at radius 2 is 1.95 bits per heavy atom. The van der Waals surface area contributed by atoms with Gasteiger partial charge in [-0.2, -0.15) is 0 Å². The molecule has 0 radical (unpaired) electrons. The van der Waals surface area contributed by atoms with E-state index in [1.807, 2.05) is 7.11 Å². The van der Waals surface area contributed by atoms with Gasteiger partial charge in [0.05, 0.1) is 17.8 Å². The number of hydrogen-bond donors (Lipinski definition) is 1. The van der Waals surface area contributed by atoms with Gasteiger partial charge in [0.25, 0.3) is 0 Å². The lowest BCUT2D eigenvalue weighted by molar-refractivity contribution is -0.142. The molecule has 3 heteroatoms. The fourth-order valence-corrected chi connectivity index (χ4v) is 4.19. The van der Waals surface area contributed by atoms with Gasteiger partial charge in [0.1, 0.15) is 0 Å². The molecule has 2 aliphatic rings. The van der Waals surface area contributed by atoms with Crippen molar-refractivity contribution in [1.29, 1.82) is 0 Å². The standard InChI is InChI=1S/C18H35NO2/c1-4-11-19-14-18(10-6-7-15(2)13-18)21-17-9-5-8-16(12-17)20-3/h15-17,19H,4-14H2,1-3H3. The van der Waals surface area contributed by atoms with Crippen LogP contribution in [0.4, 0.5) is 0 Å². The Labute approximate surface area is 131 Å². The third kappa shape index (κ3) is 5.22. The Bertz CT molecular complexity index is 297. The van der Waals surface area contributed by atoms with Gasteiger partial charge < -0.3 is 14.8 Å². The van der Waals surface area contributed by atoms with Crippen LogP contribution in [0.3, 0.4) is 0 Å². The average molecular weight is 297 g/mol. The predicted octanol–water partition coefficient (Wildman–Crippen LogP) is 3.91. The van der Waals surface area contributed by atoms with Crippen LogP contribution in [-0.4, -0.2) is 38.0 Å². The minimum Gasteiger partial charge on any atom is -0.381 e. The molecule has 0 aromatic heterocycles. The zero-order valence-electron chi connectivity index (χ0n) is 14.3. The van der Waals surface area contributed by atoms with Crippen molar-refractivity contribution in [2.24, 2.45) is 5.92 Å². The molecular weight excluding hydrogens is 262 g/mol. The maximum absolute atomic E-state index is 6.73. The molecule has 124 valence electrons. The Morgan fingerprint density at radius 3 is 2.67 bits per heavy atom. The normalized spacial score (nSPS) is 37.6. The maximum Gasteiger partial charge on any atom is 0.0812 e. The minimum absolute atomic E-state index is 0.0765. The molecule has 0 amide bonds. The van der Waals surface area contributed by atoms with Crippen molar-refractivity contribution in [3.05, 3.63) is 0 Å². The smallest absolute Gasteiger partial charge is 0.0812 e. The van der Waals surface area contributed by atoms with Crippen LogP contribution in [0.1, 0.15) is 71.6 Å². The molecule has 0 aromatic rings. The topological polar surface area (TPSA) is 30.5 Å². The highest BCUT2D eigenvalue weighted by atomic mass is 16.5. The summed E-state index contributed by atoms with van der Waals surface area (Å²) in [6, 6.07) is 0. The summed E-state index contributed by atoms with van der Waals surface area (Å²) in [5.41, 5.74) is 0.0765. The van der Waals surface area contributed by atoms with Gasteiger partial charge in [-0.3, -0.25) is 0 Å². The highest BCUT2D eigenvalue weighted by Crippen LogP contribution is 2.38. The van der Waals surface area contributed by atoms with E-state index in [2.05, 4.69) is 19.2 Å². The lowest BCUT2D eigenvalue weighted by Gasteiger charge is -2.44. The Balaban J connectivity index is 1.94. The molecular formula is C18H35NO2. The molecule has 21 heavy (non-hydrogen) atoms. The molecule has 0 saturated heterocycles. The molecule has 2 saturated carbocycles. The quantitative estimate of drug-likeness (QED) is 0.723. The molecule has 2 aliphatic carbocycles. The molecule has 0 spiro atoms. The first kappa shape index (κ1) is 17.2. The van der Waals surface area contributed by atoms with Crippen molar-refractivity contribution >= 4 is 0 Å². The van der Waals surface area contributed by atoms with Crippen LogP contribution in [0.5, 0.6) is 0 Å². The predicted molar refractivity (Wildman–Crippen MR) is 87.7 cm³/mol. The van der Waals surface area contributed by atoms with Gasteiger partial charge in [-0.1, -0.05) is 26.7 Å². The van der Waals surface area contributed by atoms with E-state index < -0.39 is 0 Å². The SMILES string of the molecule is CCCNCC1(OC2CCCC(OC)C2)CCCC(C)C1. The van der Waals surface area contributed by atoms with E-state index >= 15 is 0 Å². The summed E-state index contributed by atoms with van der Waals surface area (Å²) in [5, 5.41) is 3.62. The van der Waals surface area contributed by atoms with E-state index in [0.29, 0.717) is 12.2 Å². The van der Waals surface area contributed by atoms with Crippen LogP contribution in [0.2, 0.25) is 0 Å². The minimum atomic E-state index is 0.0765. The molecule has 4 unspecified atom stereocenters. The molecule has 3 nitrogen and oxygen atoms in total. The summed E-state index contributed by atoms with van der Waals surface area (Å²) in [5.74, 6) is 0.795. The van der Waals surface area contributed by atoms with E-state index in [0.717, 1.165) is 25.4 Å². The molecule has 0 aliphatic heterocycles. The van der Waals surface area contributed by atoms with Crippen molar-refractivity contribution in [1.82, 2.24) is 5.32 Å². The van der Waals surface area contributed by atoms with Crippen molar-refractivity contribution in [3.63, 3.8) is 0 Å². The first-order valence-electron chi connectivity index (χ1n) is 9.09. The van der Waals surface area contributed by atoms with Crippen molar-refractivity contribution in [3.8, 4) is 0 Å². The molecule has 0 bridgehead atoms. The second-order valence-corrected chi connectivity index (χ2v) is 7.33.